The fourth-order valence-corrected chi connectivity index (χ4v) is 6.60. The predicted molar refractivity (Wildman–Crippen MR) is 161 cm³/mol. The number of carbonyl (C=O) groups excluding carboxylic acids is 2. The van der Waals surface area contributed by atoms with Gasteiger partial charge in [-0.3, -0.25) is 9.69 Å². The highest BCUT2D eigenvalue weighted by Gasteiger charge is 2.40. The summed E-state index contributed by atoms with van der Waals surface area (Å²) in [6.45, 7) is 3.46. The second-order valence-electron chi connectivity index (χ2n) is 11.0. The van der Waals surface area contributed by atoms with Crippen molar-refractivity contribution in [1.29, 1.82) is 0 Å². The molecule has 0 aliphatic carbocycles. The van der Waals surface area contributed by atoms with E-state index in [0.717, 1.165) is 22.7 Å². The summed E-state index contributed by atoms with van der Waals surface area (Å²) in [5, 5.41) is 14.3. The van der Waals surface area contributed by atoms with Crippen LogP contribution in [0.2, 0.25) is 0 Å². The molecule has 2 amide bonds. The van der Waals surface area contributed by atoms with Crippen molar-refractivity contribution < 1.29 is 41.7 Å². The number of nitrogens with one attached hydrogen (secondary N) is 1. The zero-order valence-electron chi connectivity index (χ0n) is 24.8. The number of halogens is 1. The van der Waals surface area contributed by atoms with Crippen molar-refractivity contribution >= 4 is 27.8 Å². The van der Waals surface area contributed by atoms with E-state index in [9.17, 15) is 27.5 Å². The maximum absolute atomic E-state index is 13.9. The number of hydrogen-bond acceptors (Lipinski definition) is 9. The summed E-state index contributed by atoms with van der Waals surface area (Å²) in [7, 11) is -4.11. The van der Waals surface area contributed by atoms with Crippen LogP contribution >= 0.6 is 0 Å². The lowest BCUT2D eigenvalue weighted by atomic mass is 10.0. The van der Waals surface area contributed by atoms with E-state index in [4.69, 9.17) is 14.2 Å². The lowest BCUT2D eigenvalue weighted by Crippen LogP contribution is -2.53. The molecule has 0 spiro atoms. The SMILES string of the molecule is CC[C@@H](C)CN(C[C@@H](O)C(Cc1ccccc1)NC(=O)C1CN(c2ccc(F)cn2)C(=O)O1)S(=O)(=O)c1ccc2c(c1)OCO2. The van der Waals surface area contributed by atoms with Crippen molar-refractivity contribution in [3.05, 3.63) is 78.2 Å². The van der Waals surface area contributed by atoms with E-state index in [1.807, 2.05) is 44.2 Å². The molecule has 240 valence electrons. The number of cyclic esters (lactones) is 1. The number of aliphatic hydroxyl groups excluding tert-OH is 1. The van der Waals surface area contributed by atoms with Crippen LogP contribution in [0.4, 0.5) is 15.0 Å². The Morgan fingerprint density at radius 2 is 1.89 bits per heavy atom. The molecule has 12 nitrogen and oxygen atoms in total. The first kappa shape index (κ1) is 32.1. The molecule has 0 bridgehead atoms. The highest BCUT2D eigenvalue weighted by molar-refractivity contribution is 7.89. The predicted octanol–water partition coefficient (Wildman–Crippen LogP) is 3.10. The summed E-state index contributed by atoms with van der Waals surface area (Å²) >= 11 is 0. The fraction of sp³-hybridized carbons (Fsp3) is 0.387. The number of hydrogen-bond donors (Lipinski definition) is 2. The number of anilines is 1. The van der Waals surface area contributed by atoms with Gasteiger partial charge in [-0.15, -0.1) is 0 Å². The first-order chi connectivity index (χ1) is 21.5. The standard InChI is InChI=1S/C31H35FN4O8S/c1-3-20(2)16-35(45(40,41)23-10-11-26-27(14-23)43-19-42-26)17-25(37)24(13-21-7-5-4-6-8-21)34-30(38)28-18-36(31(39)44-28)29-12-9-22(32)15-33-29/h4-12,14-15,20,24-25,28,37H,3,13,16-19H2,1-2H3,(H,34,38)/t20-,24?,25-,28?/m1/s1. The van der Waals surface area contributed by atoms with Crippen LogP contribution in [0, 0.1) is 11.7 Å². The Morgan fingerprint density at radius 1 is 1.13 bits per heavy atom. The van der Waals surface area contributed by atoms with Crippen molar-refractivity contribution in [2.45, 2.75) is 49.8 Å². The summed E-state index contributed by atoms with van der Waals surface area (Å²) < 4.78 is 58.3. The summed E-state index contributed by atoms with van der Waals surface area (Å²) in [6, 6.07) is 14.9. The molecule has 0 saturated carbocycles. The molecule has 2 aliphatic rings. The lowest BCUT2D eigenvalue weighted by molar-refractivity contribution is -0.129. The van der Waals surface area contributed by atoms with Gasteiger partial charge in [-0.2, -0.15) is 4.31 Å². The average molecular weight is 643 g/mol. The summed E-state index contributed by atoms with van der Waals surface area (Å²) in [6.07, 6.45) is -1.62. The van der Waals surface area contributed by atoms with Crippen molar-refractivity contribution in [2.24, 2.45) is 5.92 Å². The van der Waals surface area contributed by atoms with Crippen molar-refractivity contribution in [3.8, 4) is 11.5 Å². The van der Waals surface area contributed by atoms with Crippen LogP contribution in [0.5, 0.6) is 11.5 Å². The van der Waals surface area contributed by atoms with Crippen LogP contribution in [0.25, 0.3) is 0 Å². The number of ether oxygens (including phenoxy) is 3. The summed E-state index contributed by atoms with van der Waals surface area (Å²) in [5.41, 5.74) is 0.787. The van der Waals surface area contributed by atoms with Gasteiger partial charge >= 0.3 is 6.09 Å². The van der Waals surface area contributed by atoms with Crippen LogP contribution in [-0.4, -0.2) is 79.5 Å². The molecule has 14 heteroatoms. The largest absolute Gasteiger partial charge is 0.454 e. The first-order valence-corrected chi connectivity index (χ1v) is 16.0. The van der Waals surface area contributed by atoms with Crippen LogP contribution in [-0.2, 0) is 26.0 Å². The van der Waals surface area contributed by atoms with Gasteiger partial charge in [-0.05, 0) is 42.2 Å². The van der Waals surface area contributed by atoms with Gasteiger partial charge in [0.25, 0.3) is 5.91 Å². The van der Waals surface area contributed by atoms with Gasteiger partial charge < -0.3 is 24.6 Å². The molecule has 2 aromatic carbocycles. The topological polar surface area (TPSA) is 148 Å². The second-order valence-corrected chi connectivity index (χ2v) is 13.0. The number of amides is 2. The normalized spacial score (nSPS) is 18.0. The monoisotopic (exact) mass is 642 g/mol. The van der Waals surface area contributed by atoms with E-state index < -0.39 is 46.1 Å². The smallest absolute Gasteiger partial charge is 0.416 e. The third-order valence-electron chi connectivity index (χ3n) is 7.77. The summed E-state index contributed by atoms with van der Waals surface area (Å²) in [4.78, 5) is 30.9. The van der Waals surface area contributed by atoms with Gasteiger partial charge in [-0.1, -0.05) is 50.6 Å². The van der Waals surface area contributed by atoms with Crippen molar-refractivity contribution in [3.63, 3.8) is 0 Å². The molecular formula is C31H35FN4O8S. The number of rotatable bonds is 13. The molecule has 2 unspecified atom stereocenters. The number of carbonyl (C=O) groups is 2. The van der Waals surface area contributed by atoms with Crippen LogP contribution in [0.3, 0.4) is 0 Å². The lowest BCUT2D eigenvalue weighted by Gasteiger charge is -2.31. The molecule has 2 N–H and O–H groups in total. The Hall–Kier alpha value is -4.27. The number of pyridine rings is 1. The van der Waals surface area contributed by atoms with Crippen LogP contribution < -0.4 is 19.7 Å². The van der Waals surface area contributed by atoms with Crippen LogP contribution in [0.15, 0.2) is 71.8 Å². The van der Waals surface area contributed by atoms with Crippen LogP contribution in [0.1, 0.15) is 25.8 Å². The third-order valence-corrected chi connectivity index (χ3v) is 9.60. The average Bonchev–Trinajstić information content (AvgIpc) is 3.67. The van der Waals surface area contributed by atoms with Gasteiger partial charge in [0.05, 0.1) is 29.8 Å². The zero-order valence-corrected chi connectivity index (χ0v) is 25.7. The Kier molecular flexibility index (Phi) is 9.85. The first-order valence-electron chi connectivity index (χ1n) is 14.6. The third kappa shape index (κ3) is 7.52. The van der Waals surface area contributed by atoms with E-state index in [2.05, 4.69) is 10.3 Å². The number of aliphatic hydroxyl groups is 1. The maximum atomic E-state index is 13.9. The number of benzene rings is 2. The highest BCUT2D eigenvalue weighted by Crippen LogP contribution is 2.35. The van der Waals surface area contributed by atoms with E-state index in [1.54, 1.807) is 0 Å². The van der Waals surface area contributed by atoms with Gasteiger partial charge in [0, 0.05) is 19.2 Å². The Labute approximate surface area is 260 Å². The maximum Gasteiger partial charge on any atom is 0.416 e. The Bertz CT molecular complexity index is 1610. The van der Waals surface area contributed by atoms with E-state index in [1.165, 1.54) is 28.6 Å². The Morgan fingerprint density at radius 3 is 2.60 bits per heavy atom. The van der Waals surface area contributed by atoms with E-state index >= 15 is 0 Å². The van der Waals surface area contributed by atoms with Gasteiger partial charge in [0.15, 0.2) is 17.6 Å². The minimum atomic E-state index is -4.11. The van der Waals surface area contributed by atoms with Crippen molar-refractivity contribution in [1.82, 2.24) is 14.6 Å². The molecule has 0 radical (unpaired) electrons. The molecule has 5 rings (SSSR count). The minimum Gasteiger partial charge on any atom is -0.454 e. The molecule has 2 aliphatic heterocycles. The minimum absolute atomic E-state index is 0.0104. The fourth-order valence-electron chi connectivity index (χ4n) is 5.01. The van der Waals surface area contributed by atoms with E-state index in [-0.39, 0.29) is 49.5 Å². The Balaban J connectivity index is 1.36. The zero-order chi connectivity index (χ0) is 32.1. The van der Waals surface area contributed by atoms with Crippen molar-refractivity contribution in [2.75, 3.05) is 31.3 Å². The number of sulfonamides is 1. The van der Waals surface area contributed by atoms with Gasteiger partial charge in [0.2, 0.25) is 16.8 Å². The molecule has 1 aromatic heterocycles. The molecule has 1 fully saturated rings. The quantitative estimate of drug-likeness (QED) is 0.287. The molecule has 4 atom stereocenters. The molecule has 1 saturated heterocycles. The molecular weight excluding hydrogens is 607 g/mol. The molecule has 3 aromatic rings. The number of nitrogens with zero attached hydrogens (tertiary/aromatic N) is 3. The molecule has 3 heterocycles. The van der Waals surface area contributed by atoms with Gasteiger partial charge in [-0.25, -0.2) is 22.6 Å². The second kappa shape index (κ2) is 13.8. The molecule has 45 heavy (non-hydrogen) atoms. The van der Waals surface area contributed by atoms with Gasteiger partial charge in [0.1, 0.15) is 11.6 Å². The summed E-state index contributed by atoms with van der Waals surface area (Å²) in [5.74, 6) is -0.430. The van der Waals surface area contributed by atoms with E-state index in [0.29, 0.717) is 17.9 Å². The number of aromatic nitrogens is 1. The number of fused-ring (bicyclic) bond motifs is 1. The highest BCUT2D eigenvalue weighted by atomic mass is 32.2.